The van der Waals surface area contributed by atoms with Crippen molar-refractivity contribution in [3.63, 3.8) is 0 Å². The van der Waals surface area contributed by atoms with E-state index in [1.54, 1.807) is 36.5 Å². The van der Waals surface area contributed by atoms with E-state index in [-0.39, 0.29) is 18.3 Å². The van der Waals surface area contributed by atoms with Gasteiger partial charge in [-0.15, -0.1) is 0 Å². The minimum atomic E-state index is -2.73. The number of rotatable bonds is 5. The lowest BCUT2D eigenvalue weighted by molar-refractivity contribution is 0.310. The first-order chi connectivity index (χ1) is 11.9. The molecule has 0 amide bonds. The van der Waals surface area contributed by atoms with E-state index in [0.717, 1.165) is 5.56 Å². The summed E-state index contributed by atoms with van der Waals surface area (Å²) in [7, 11) is -2.73. The van der Waals surface area contributed by atoms with Crippen LogP contribution in [0.4, 0.5) is 0 Å². The molecule has 9 heteroatoms. The van der Waals surface area contributed by atoms with Crippen LogP contribution in [0.5, 0.6) is 5.75 Å². The summed E-state index contributed by atoms with van der Waals surface area (Å²) in [5.74, 6) is 0.517. The largest absolute Gasteiger partial charge is 0.488 e. The van der Waals surface area contributed by atoms with Gasteiger partial charge in [-0.3, -0.25) is 0 Å². The van der Waals surface area contributed by atoms with Gasteiger partial charge in [0.1, 0.15) is 24.3 Å². The second kappa shape index (κ2) is 6.70. The molecule has 128 valence electrons. The lowest BCUT2D eigenvalue weighted by Crippen LogP contribution is -2.00. The zero-order valence-corrected chi connectivity index (χ0v) is 14.8. The molecule has 25 heavy (non-hydrogen) atoms. The molecule has 1 unspecified atom stereocenters. The minimum Gasteiger partial charge on any atom is -0.488 e. The first-order valence-corrected chi connectivity index (χ1v) is 9.58. The van der Waals surface area contributed by atoms with Crippen LogP contribution in [0.15, 0.2) is 41.4 Å². The summed E-state index contributed by atoms with van der Waals surface area (Å²) in [5, 5.41) is 13.7. The number of nitrogens with one attached hydrogen (secondary N) is 1. The monoisotopic (exact) mass is 375 g/mol. The Bertz CT molecular complexity index is 1070. The number of ether oxygens (including phenoxy) is 1. The van der Waals surface area contributed by atoms with E-state index in [1.165, 1.54) is 10.9 Å². The molecule has 0 spiro atoms. The van der Waals surface area contributed by atoms with E-state index in [2.05, 4.69) is 10.1 Å². The number of benzene rings is 1. The Morgan fingerprint density at radius 2 is 2.08 bits per heavy atom. The van der Waals surface area contributed by atoms with Gasteiger partial charge in [-0.25, -0.2) is 18.7 Å². The molecule has 7 nitrogen and oxygen atoms in total. The summed E-state index contributed by atoms with van der Waals surface area (Å²) >= 11 is 6.16. The molecule has 1 atom stereocenters. The maximum atomic E-state index is 11.7. The standard InChI is InChI=1S/C16H14ClN5O2S/c1-25(19,23)12-4-2-11(3-5-12)10-24-13-6-8-20-16-14(13)15(17)21-22(16)9-7-18/h2-6,8,19H,9-10H2,1H3. The van der Waals surface area contributed by atoms with E-state index < -0.39 is 9.73 Å². The SMILES string of the molecule is CS(=N)(=O)c1ccc(COc2ccnc3c2c(Cl)nn3CC#N)cc1. The van der Waals surface area contributed by atoms with Gasteiger partial charge in [0, 0.05) is 17.3 Å². The molecule has 0 aliphatic rings. The van der Waals surface area contributed by atoms with Gasteiger partial charge in [0.05, 0.1) is 15.8 Å². The molecule has 2 aromatic heterocycles. The van der Waals surface area contributed by atoms with E-state index in [0.29, 0.717) is 21.7 Å². The van der Waals surface area contributed by atoms with Crippen molar-refractivity contribution in [2.45, 2.75) is 18.0 Å². The van der Waals surface area contributed by atoms with Crippen LogP contribution in [0, 0.1) is 16.1 Å². The van der Waals surface area contributed by atoms with Gasteiger partial charge < -0.3 is 4.74 Å². The molecule has 0 radical (unpaired) electrons. The lowest BCUT2D eigenvalue weighted by Gasteiger charge is -2.08. The number of aromatic nitrogens is 3. The van der Waals surface area contributed by atoms with E-state index in [9.17, 15) is 4.21 Å². The second-order valence-electron chi connectivity index (χ2n) is 5.39. The van der Waals surface area contributed by atoms with Gasteiger partial charge in [0.25, 0.3) is 0 Å². The highest BCUT2D eigenvalue weighted by Crippen LogP contribution is 2.31. The number of nitrogens with zero attached hydrogens (tertiary/aromatic N) is 4. The third-order valence-corrected chi connectivity index (χ3v) is 4.98. The van der Waals surface area contributed by atoms with Crippen LogP contribution in [-0.2, 0) is 22.9 Å². The third kappa shape index (κ3) is 3.57. The third-order valence-electron chi connectivity index (χ3n) is 3.54. The average Bonchev–Trinajstić information content (AvgIpc) is 2.90. The quantitative estimate of drug-likeness (QED) is 0.737. The number of nitriles is 1. The Morgan fingerprint density at radius 3 is 2.72 bits per heavy atom. The van der Waals surface area contributed by atoms with Crippen LogP contribution in [0.25, 0.3) is 11.0 Å². The molecule has 3 rings (SSSR count). The highest BCUT2D eigenvalue weighted by molar-refractivity contribution is 7.91. The first kappa shape index (κ1) is 17.2. The topological polar surface area (TPSA) is 105 Å². The summed E-state index contributed by atoms with van der Waals surface area (Å²) < 4.78 is 26.5. The molecular weight excluding hydrogens is 362 g/mol. The van der Waals surface area contributed by atoms with E-state index in [4.69, 9.17) is 26.4 Å². The number of halogens is 1. The number of hydrogen-bond donors (Lipinski definition) is 1. The van der Waals surface area contributed by atoms with E-state index >= 15 is 0 Å². The molecule has 1 aromatic carbocycles. The van der Waals surface area contributed by atoms with Crippen molar-refractivity contribution < 1.29 is 8.95 Å². The molecule has 0 saturated carbocycles. The summed E-state index contributed by atoms with van der Waals surface area (Å²) in [4.78, 5) is 4.68. The second-order valence-corrected chi connectivity index (χ2v) is 7.91. The van der Waals surface area contributed by atoms with Crippen molar-refractivity contribution in [2.75, 3.05) is 6.26 Å². The first-order valence-electron chi connectivity index (χ1n) is 7.23. The fraction of sp³-hybridized carbons (Fsp3) is 0.188. The van der Waals surface area contributed by atoms with Crippen molar-refractivity contribution in [1.82, 2.24) is 14.8 Å². The lowest BCUT2D eigenvalue weighted by atomic mass is 10.2. The predicted molar refractivity (Wildman–Crippen MR) is 94.0 cm³/mol. The van der Waals surface area contributed by atoms with Crippen LogP contribution >= 0.6 is 11.6 Å². The minimum absolute atomic E-state index is 0.0462. The zero-order valence-electron chi connectivity index (χ0n) is 13.3. The van der Waals surface area contributed by atoms with Crippen LogP contribution in [0.3, 0.4) is 0 Å². The van der Waals surface area contributed by atoms with Crippen LogP contribution in [0.1, 0.15) is 5.56 Å². The Morgan fingerprint density at radius 1 is 1.36 bits per heavy atom. The molecule has 2 heterocycles. The zero-order chi connectivity index (χ0) is 18.0. The highest BCUT2D eigenvalue weighted by atomic mass is 35.5. The van der Waals surface area contributed by atoms with E-state index in [1.807, 2.05) is 6.07 Å². The van der Waals surface area contributed by atoms with Crippen LogP contribution < -0.4 is 4.74 Å². The summed E-state index contributed by atoms with van der Waals surface area (Å²) in [6.45, 7) is 0.312. The van der Waals surface area contributed by atoms with Crippen molar-refractivity contribution in [2.24, 2.45) is 0 Å². The van der Waals surface area contributed by atoms with Crippen LogP contribution in [-0.4, -0.2) is 25.2 Å². The molecule has 3 aromatic rings. The predicted octanol–water partition coefficient (Wildman–Crippen LogP) is 3.22. The average molecular weight is 376 g/mol. The van der Waals surface area contributed by atoms with Crippen molar-refractivity contribution in [3.05, 3.63) is 47.2 Å². The summed E-state index contributed by atoms with van der Waals surface area (Å²) in [6.07, 6.45) is 2.95. The maximum absolute atomic E-state index is 11.7. The van der Waals surface area contributed by atoms with Gasteiger partial charge in [-0.2, -0.15) is 10.4 Å². The Labute approximate surface area is 149 Å². The highest BCUT2D eigenvalue weighted by Gasteiger charge is 2.15. The van der Waals surface area contributed by atoms with Crippen molar-refractivity contribution in [1.29, 1.82) is 10.0 Å². The van der Waals surface area contributed by atoms with Gasteiger partial charge >= 0.3 is 0 Å². The Hall–Kier alpha value is -2.63. The summed E-state index contributed by atoms with van der Waals surface area (Å²) in [5.41, 5.74) is 1.34. The van der Waals surface area contributed by atoms with Gasteiger partial charge in [0.15, 0.2) is 10.8 Å². The van der Waals surface area contributed by atoms with Gasteiger partial charge in [-0.05, 0) is 23.8 Å². The maximum Gasteiger partial charge on any atom is 0.164 e. The molecule has 0 bridgehead atoms. The smallest absolute Gasteiger partial charge is 0.164 e. The Kier molecular flexibility index (Phi) is 4.61. The number of fused-ring (bicyclic) bond motifs is 1. The summed E-state index contributed by atoms with van der Waals surface area (Å²) in [6, 6.07) is 10.6. The molecule has 0 aliphatic heterocycles. The van der Waals surface area contributed by atoms with Crippen molar-refractivity contribution in [3.8, 4) is 11.8 Å². The number of pyridine rings is 1. The molecule has 1 N–H and O–H groups in total. The molecule has 0 saturated heterocycles. The van der Waals surface area contributed by atoms with Gasteiger partial charge in [0.2, 0.25) is 0 Å². The van der Waals surface area contributed by atoms with Gasteiger partial charge in [-0.1, -0.05) is 23.7 Å². The Balaban J connectivity index is 1.85. The normalized spacial score (nSPS) is 13.3. The van der Waals surface area contributed by atoms with Crippen LogP contribution in [0.2, 0.25) is 5.15 Å². The fourth-order valence-electron chi connectivity index (χ4n) is 2.33. The molecular formula is C16H14ClN5O2S. The van der Waals surface area contributed by atoms with Crippen molar-refractivity contribution >= 4 is 32.4 Å². The fourth-order valence-corrected chi connectivity index (χ4v) is 3.25. The molecule has 0 aliphatic carbocycles. The molecule has 0 fully saturated rings. The number of hydrogen-bond acceptors (Lipinski definition) is 6.